The molecule has 0 aliphatic heterocycles. The van der Waals surface area contributed by atoms with E-state index in [2.05, 4.69) is 15.0 Å². The number of anilines is 1. The van der Waals surface area contributed by atoms with Crippen LogP contribution in [0.4, 0.5) is 5.82 Å². The van der Waals surface area contributed by atoms with E-state index in [0.717, 1.165) is 18.5 Å². The molecule has 26 heavy (non-hydrogen) atoms. The van der Waals surface area contributed by atoms with E-state index in [1.165, 1.54) is 16.3 Å². The monoisotopic (exact) mass is 375 g/mol. The highest BCUT2D eigenvalue weighted by molar-refractivity contribution is 7.99. The topological polar surface area (TPSA) is 124 Å². The number of hydrogen-bond acceptors (Lipinski definition) is 7. The zero-order valence-electron chi connectivity index (χ0n) is 14.9. The molecule has 0 aromatic carbocycles. The highest BCUT2D eigenvalue weighted by atomic mass is 32.2. The molecule has 138 valence electrons. The Morgan fingerprint density at radius 2 is 2.08 bits per heavy atom. The molecule has 0 atom stereocenters. The number of nitrogens with one attached hydrogen (secondary N) is 1. The normalized spacial score (nSPS) is 14.0. The average Bonchev–Trinajstić information content (AvgIpc) is 3.36. The summed E-state index contributed by atoms with van der Waals surface area (Å²) in [7, 11) is 0. The lowest BCUT2D eigenvalue weighted by Gasteiger charge is -2.11. The van der Waals surface area contributed by atoms with Crippen LogP contribution in [-0.2, 0) is 0 Å². The number of aromatic amines is 1. The number of carbonyl (C=O) groups excluding carboxylic acids is 1. The van der Waals surface area contributed by atoms with Crippen LogP contribution in [0.25, 0.3) is 0 Å². The van der Waals surface area contributed by atoms with Crippen LogP contribution in [0.2, 0.25) is 0 Å². The molecule has 8 nitrogen and oxygen atoms in total. The zero-order chi connectivity index (χ0) is 19.0. The standard InChI is InChI=1S/C17H21N5O3S/c1-8(2)15-19-9(3)6-12(20-15)26-7-11(23)13-14(18)22(10-4-5-10)17(25)21-16(13)24/h6,8,10H,4-5,7,18H2,1-3H3,(H,21,24,25). The van der Waals surface area contributed by atoms with E-state index in [9.17, 15) is 14.4 Å². The predicted molar refractivity (Wildman–Crippen MR) is 99.9 cm³/mol. The van der Waals surface area contributed by atoms with Gasteiger partial charge in [0.1, 0.15) is 22.2 Å². The summed E-state index contributed by atoms with van der Waals surface area (Å²) >= 11 is 1.22. The third kappa shape index (κ3) is 3.72. The van der Waals surface area contributed by atoms with Crippen molar-refractivity contribution in [3.05, 3.63) is 44.0 Å². The van der Waals surface area contributed by atoms with Crippen molar-refractivity contribution < 1.29 is 4.79 Å². The van der Waals surface area contributed by atoms with E-state index in [0.29, 0.717) is 10.9 Å². The maximum absolute atomic E-state index is 12.6. The molecule has 0 amide bonds. The molecule has 0 saturated heterocycles. The van der Waals surface area contributed by atoms with E-state index in [1.807, 2.05) is 20.8 Å². The van der Waals surface area contributed by atoms with Gasteiger partial charge in [0.05, 0.1) is 5.75 Å². The molecule has 0 radical (unpaired) electrons. The van der Waals surface area contributed by atoms with Crippen LogP contribution < -0.4 is 17.0 Å². The maximum Gasteiger partial charge on any atom is 0.330 e. The zero-order valence-corrected chi connectivity index (χ0v) is 15.7. The van der Waals surface area contributed by atoms with Crippen molar-refractivity contribution in [1.29, 1.82) is 0 Å². The number of aryl methyl sites for hydroxylation is 1. The molecule has 3 N–H and O–H groups in total. The highest BCUT2D eigenvalue weighted by Crippen LogP contribution is 2.35. The second-order valence-electron chi connectivity index (χ2n) is 6.69. The molecule has 1 fully saturated rings. The Morgan fingerprint density at radius 1 is 1.38 bits per heavy atom. The molecule has 9 heteroatoms. The Balaban J connectivity index is 1.84. The van der Waals surface area contributed by atoms with Crippen molar-refractivity contribution >= 4 is 23.4 Å². The van der Waals surface area contributed by atoms with Gasteiger partial charge in [-0.2, -0.15) is 0 Å². The van der Waals surface area contributed by atoms with Crippen molar-refractivity contribution in [2.24, 2.45) is 0 Å². The summed E-state index contributed by atoms with van der Waals surface area (Å²) < 4.78 is 1.31. The summed E-state index contributed by atoms with van der Waals surface area (Å²) in [6.07, 6.45) is 1.63. The largest absolute Gasteiger partial charge is 0.384 e. The highest BCUT2D eigenvalue weighted by Gasteiger charge is 2.30. The number of nitrogen functional groups attached to an aromatic ring is 1. The van der Waals surface area contributed by atoms with Gasteiger partial charge in [-0.25, -0.2) is 14.8 Å². The quantitative estimate of drug-likeness (QED) is 0.447. The van der Waals surface area contributed by atoms with Gasteiger partial charge in [0.2, 0.25) is 0 Å². The van der Waals surface area contributed by atoms with Crippen LogP contribution in [0, 0.1) is 6.92 Å². The summed E-state index contributed by atoms with van der Waals surface area (Å²) in [4.78, 5) is 47.6. The Morgan fingerprint density at radius 3 is 2.69 bits per heavy atom. The van der Waals surface area contributed by atoms with Crippen LogP contribution in [0.3, 0.4) is 0 Å². The molecular formula is C17H21N5O3S. The van der Waals surface area contributed by atoms with Crippen LogP contribution in [-0.4, -0.2) is 31.1 Å². The van der Waals surface area contributed by atoms with Gasteiger partial charge in [0, 0.05) is 17.7 Å². The SMILES string of the molecule is Cc1cc(SCC(=O)c2c(N)n(C3CC3)c(=O)[nH]c2=O)nc(C(C)C)n1. The Labute approximate surface area is 154 Å². The first-order chi connectivity index (χ1) is 12.3. The Hall–Kier alpha value is -2.42. The van der Waals surface area contributed by atoms with Crippen molar-refractivity contribution in [1.82, 2.24) is 19.5 Å². The summed E-state index contributed by atoms with van der Waals surface area (Å²) in [6, 6.07) is 1.76. The van der Waals surface area contributed by atoms with Crippen molar-refractivity contribution in [2.45, 2.75) is 50.6 Å². The Kier molecular flexibility index (Phi) is 4.99. The van der Waals surface area contributed by atoms with Gasteiger partial charge >= 0.3 is 5.69 Å². The van der Waals surface area contributed by atoms with E-state index in [-0.39, 0.29) is 29.1 Å². The number of Topliss-reactive ketones (excluding diaryl/α,β-unsaturated/α-hetero) is 1. The Bertz CT molecular complexity index is 975. The summed E-state index contributed by atoms with van der Waals surface area (Å²) in [5, 5.41) is 0.667. The minimum absolute atomic E-state index is 0.00411. The summed E-state index contributed by atoms with van der Waals surface area (Å²) in [5.41, 5.74) is 5.33. The van der Waals surface area contributed by atoms with E-state index in [1.54, 1.807) is 6.07 Å². The number of ketones is 1. The summed E-state index contributed by atoms with van der Waals surface area (Å²) in [5.74, 6) is 0.411. The van der Waals surface area contributed by atoms with Crippen molar-refractivity contribution in [3.8, 4) is 0 Å². The van der Waals surface area contributed by atoms with Gasteiger partial charge in [-0.1, -0.05) is 25.6 Å². The molecule has 0 bridgehead atoms. The fourth-order valence-electron chi connectivity index (χ4n) is 2.64. The minimum Gasteiger partial charge on any atom is -0.384 e. The van der Waals surface area contributed by atoms with Gasteiger partial charge in [0.15, 0.2) is 5.78 Å². The second kappa shape index (κ2) is 7.06. The molecule has 2 heterocycles. The molecule has 1 aliphatic rings. The lowest BCUT2D eigenvalue weighted by molar-refractivity contribution is 0.102. The molecule has 1 aliphatic carbocycles. The number of nitrogens with two attached hydrogens (primary N) is 1. The van der Waals surface area contributed by atoms with E-state index in [4.69, 9.17) is 5.73 Å². The number of aromatic nitrogens is 4. The fraction of sp³-hybridized carbons (Fsp3) is 0.471. The first-order valence-corrected chi connectivity index (χ1v) is 9.42. The lowest BCUT2D eigenvalue weighted by Crippen LogP contribution is -2.36. The summed E-state index contributed by atoms with van der Waals surface area (Å²) in [6.45, 7) is 5.86. The molecule has 0 unspecified atom stereocenters. The molecule has 2 aromatic rings. The number of carbonyl (C=O) groups is 1. The smallest absolute Gasteiger partial charge is 0.330 e. The molecule has 1 saturated carbocycles. The molecule has 3 rings (SSSR count). The molecule has 0 spiro atoms. The van der Waals surface area contributed by atoms with Crippen LogP contribution in [0.5, 0.6) is 0 Å². The van der Waals surface area contributed by atoms with Gasteiger partial charge < -0.3 is 5.73 Å². The van der Waals surface area contributed by atoms with Crippen LogP contribution in [0.15, 0.2) is 20.7 Å². The average molecular weight is 375 g/mol. The maximum atomic E-state index is 12.6. The number of thioether (sulfide) groups is 1. The van der Waals surface area contributed by atoms with Crippen LogP contribution in [0.1, 0.15) is 60.5 Å². The predicted octanol–water partition coefficient (Wildman–Crippen LogP) is 1.65. The second-order valence-corrected chi connectivity index (χ2v) is 7.69. The molecule has 2 aromatic heterocycles. The first-order valence-electron chi connectivity index (χ1n) is 8.43. The van der Waals surface area contributed by atoms with Crippen molar-refractivity contribution in [2.75, 3.05) is 11.5 Å². The third-order valence-electron chi connectivity index (χ3n) is 4.09. The van der Waals surface area contributed by atoms with Crippen molar-refractivity contribution in [3.63, 3.8) is 0 Å². The third-order valence-corrected chi connectivity index (χ3v) is 5.00. The minimum atomic E-state index is -0.739. The van der Waals surface area contributed by atoms with Crippen LogP contribution >= 0.6 is 11.8 Å². The number of hydrogen-bond donors (Lipinski definition) is 2. The fourth-order valence-corrected chi connectivity index (χ4v) is 3.47. The number of H-pyrrole nitrogens is 1. The van der Waals surface area contributed by atoms with E-state index < -0.39 is 17.0 Å². The number of rotatable bonds is 6. The number of nitrogens with zero attached hydrogens (tertiary/aromatic N) is 3. The molecular weight excluding hydrogens is 354 g/mol. The van der Waals surface area contributed by atoms with Gasteiger partial charge in [-0.3, -0.25) is 19.1 Å². The van der Waals surface area contributed by atoms with E-state index >= 15 is 0 Å². The lowest BCUT2D eigenvalue weighted by atomic mass is 10.2. The van der Waals surface area contributed by atoms with Gasteiger partial charge in [-0.05, 0) is 25.8 Å². The first kappa shape index (κ1) is 18.4. The van der Waals surface area contributed by atoms with Gasteiger partial charge in [-0.15, -0.1) is 0 Å². The van der Waals surface area contributed by atoms with Gasteiger partial charge in [0.25, 0.3) is 5.56 Å².